The third-order valence-electron chi connectivity index (χ3n) is 6.74. The molecule has 5 heteroatoms. The lowest BCUT2D eigenvalue weighted by molar-refractivity contribution is 0.212. The summed E-state index contributed by atoms with van der Waals surface area (Å²) in [6.45, 7) is 4.68. The van der Waals surface area contributed by atoms with E-state index in [-0.39, 0.29) is 0 Å². The van der Waals surface area contributed by atoms with Gasteiger partial charge >= 0.3 is 0 Å². The topological polar surface area (TPSA) is 35.0 Å². The van der Waals surface area contributed by atoms with Crippen LogP contribution in [0.25, 0.3) is 11.4 Å². The van der Waals surface area contributed by atoms with E-state index >= 15 is 0 Å². The van der Waals surface area contributed by atoms with E-state index < -0.39 is 12.3 Å². The normalized spacial score (nSPS) is 13.0. The zero-order valence-corrected chi connectivity index (χ0v) is 22.7. The molecule has 1 aromatic carbocycles. The zero-order chi connectivity index (χ0) is 25.8. The van der Waals surface area contributed by atoms with Gasteiger partial charge in [0, 0.05) is 24.4 Å². The maximum Gasteiger partial charge on any atom is 0.159 e. The minimum atomic E-state index is -0.944. The van der Waals surface area contributed by atoms with Crippen LogP contribution in [0.2, 0.25) is 0 Å². The van der Waals surface area contributed by atoms with E-state index in [1.165, 1.54) is 50.5 Å². The summed E-state index contributed by atoms with van der Waals surface area (Å²) >= 11 is 0. The SMILES string of the molecule is CCCCCCCCCc1cnc(-c2ccc(OCCC(F)CCCC(F)CCCCC)cc2)nc1. The van der Waals surface area contributed by atoms with Gasteiger partial charge < -0.3 is 4.74 Å². The molecule has 0 aliphatic heterocycles. The van der Waals surface area contributed by atoms with Crippen LogP contribution in [0, 0.1) is 0 Å². The lowest BCUT2D eigenvalue weighted by atomic mass is 10.0. The Labute approximate surface area is 218 Å². The van der Waals surface area contributed by atoms with Crippen molar-refractivity contribution in [1.82, 2.24) is 9.97 Å². The fourth-order valence-electron chi connectivity index (χ4n) is 4.39. The maximum atomic E-state index is 14.1. The largest absolute Gasteiger partial charge is 0.493 e. The van der Waals surface area contributed by atoms with E-state index in [1.54, 1.807) is 0 Å². The minimum absolute atomic E-state index is 0.319. The smallest absolute Gasteiger partial charge is 0.159 e. The Morgan fingerprint density at radius 2 is 1.22 bits per heavy atom. The molecule has 2 unspecified atom stereocenters. The highest BCUT2D eigenvalue weighted by atomic mass is 19.1. The molecular weight excluding hydrogens is 454 g/mol. The zero-order valence-electron chi connectivity index (χ0n) is 22.7. The number of aryl methyl sites for hydroxylation is 1. The summed E-state index contributed by atoms with van der Waals surface area (Å²) < 4.78 is 33.6. The number of unbranched alkanes of at least 4 members (excludes halogenated alkanes) is 8. The van der Waals surface area contributed by atoms with Gasteiger partial charge in [-0.15, -0.1) is 0 Å². The molecule has 0 aliphatic rings. The van der Waals surface area contributed by atoms with Crippen LogP contribution in [-0.4, -0.2) is 28.9 Å². The number of ether oxygens (including phenoxy) is 1. The van der Waals surface area contributed by atoms with Gasteiger partial charge in [-0.1, -0.05) is 71.6 Å². The molecule has 0 amide bonds. The van der Waals surface area contributed by atoms with Crippen molar-refractivity contribution in [3.8, 4) is 17.1 Å². The highest BCUT2D eigenvalue weighted by Crippen LogP contribution is 2.21. The van der Waals surface area contributed by atoms with Crippen LogP contribution in [-0.2, 0) is 6.42 Å². The molecule has 2 rings (SSSR count). The molecule has 3 nitrogen and oxygen atoms in total. The van der Waals surface area contributed by atoms with Gasteiger partial charge in [0.2, 0.25) is 0 Å². The van der Waals surface area contributed by atoms with Gasteiger partial charge in [-0.25, -0.2) is 18.7 Å². The van der Waals surface area contributed by atoms with Crippen LogP contribution < -0.4 is 4.74 Å². The molecular formula is C31H48F2N2O. The number of nitrogens with zero attached hydrogens (tertiary/aromatic N) is 2. The lowest BCUT2D eigenvalue weighted by Crippen LogP contribution is -2.09. The highest BCUT2D eigenvalue weighted by molar-refractivity contribution is 5.55. The fraction of sp³-hybridized carbons (Fsp3) is 0.677. The first kappa shape index (κ1) is 30.2. The minimum Gasteiger partial charge on any atom is -0.493 e. The Morgan fingerprint density at radius 3 is 1.89 bits per heavy atom. The average molecular weight is 503 g/mol. The van der Waals surface area contributed by atoms with Crippen molar-refractivity contribution in [3.05, 3.63) is 42.2 Å². The van der Waals surface area contributed by atoms with Gasteiger partial charge in [-0.2, -0.15) is 0 Å². The quantitative estimate of drug-likeness (QED) is 0.159. The molecule has 36 heavy (non-hydrogen) atoms. The fourth-order valence-corrected chi connectivity index (χ4v) is 4.39. The lowest BCUT2D eigenvalue weighted by Gasteiger charge is -2.11. The number of benzene rings is 1. The summed E-state index contributed by atoms with van der Waals surface area (Å²) in [5, 5.41) is 0. The molecule has 0 radical (unpaired) electrons. The molecule has 202 valence electrons. The van der Waals surface area contributed by atoms with E-state index in [4.69, 9.17) is 4.74 Å². The van der Waals surface area contributed by atoms with Crippen LogP contribution >= 0.6 is 0 Å². The number of alkyl halides is 2. The Kier molecular flexibility index (Phi) is 16.0. The second kappa shape index (κ2) is 19.1. The Hall–Kier alpha value is -2.04. The molecule has 0 saturated heterocycles. The molecule has 2 atom stereocenters. The number of hydrogen-bond donors (Lipinski definition) is 0. The predicted molar refractivity (Wildman–Crippen MR) is 147 cm³/mol. The van der Waals surface area contributed by atoms with E-state index in [0.29, 0.717) is 50.3 Å². The van der Waals surface area contributed by atoms with E-state index in [0.717, 1.165) is 31.2 Å². The van der Waals surface area contributed by atoms with Crippen molar-refractivity contribution in [2.75, 3.05) is 6.61 Å². The summed E-state index contributed by atoms with van der Waals surface area (Å²) in [6, 6.07) is 7.63. The molecule has 0 fully saturated rings. The summed E-state index contributed by atoms with van der Waals surface area (Å²) in [6.07, 6.45) is 17.8. The van der Waals surface area contributed by atoms with E-state index in [2.05, 4.69) is 23.8 Å². The molecule has 0 spiro atoms. The van der Waals surface area contributed by atoms with Crippen molar-refractivity contribution in [2.24, 2.45) is 0 Å². The van der Waals surface area contributed by atoms with Gasteiger partial charge in [-0.3, -0.25) is 0 Å². The summed E-state index contributed by atoms with van der Waals surface area (Å²) in [5.41, 5.74) is 2.12. The highest BCUT2D eigenvalue weighted by Gasteiger charge is 2.11. The first-order chi connectivity index (χ1) is 17.6. The monoisotopic (exact) mass is 502 g/mol. The number of aromatic nitrogens is 2. The number of hydrogen-bond acceptors (Lipinski definition) is 3. The molecule has 1 heterocycles. The third-order valence-corrected chi connectivity index (χ3v) is 6.74. The van der Waals surface area contributed by atoms with Crippen molar-refractivity contribution >= 4 is 0 Å². The van der Waals surface area contributed by atoms with Crippen LogP contribution in [0.5, 0.6) is 5.75 Å². The molecule has 0 N–H and O–H groups in total. The summed E-state index contributed by atoms with van der Waals surface area (Å²) in [4.78, 5) is 9.07. The second-order valence-corrected chi connectivity index (χ2v) is 10.1. The van der Waals surface area contributed by atoms with Crippen LogP contribution in [0.1, 0.15) is 116 Å². The molecule has 0 aliphatic carbocycles. The van der Waals surface area contributed by atoms with E-state index in [9.17, 15) is 8.78 Å². The van der Waals surface area contributed by atoms with Crippen molar-refractivity contribution in [1.29, 1.82) is 0 Å². The summed E-state index contributed by atoms with van der Waals surface area (Å²) in [5.74, 6) is 1.41. The summed E-state index contributed by atoms with van der Waals surface area (Å²) in [7, 11) is 0. The van der Waals surface area contributed by atoms with Crippen LogP contribution in [0.3, 0.4) is 0 Å². The molecule has 1 aromatic heterocycles. The standard InChI is InChI=1S/C31H48F2N2O/c1-3-5-7-8-9-10-12-14-26-24-34-31(35-25-26)27-18-20-30(21-19-27)36-23-22-29(33)17-13-16-28(32)15-11-6-4-2/h18-21,24-25,28-29H,3-17,22-23H2,1-2H3. The molecule has 0 saturated carbocycles. The van der Waals surface area contributed by atoms with Gasteiger partial charge in [-0.05, 0) is 68.4 Å². The van der Waals surface area contributed by atoms with Gasteiger partial charge in [0.1, 0.15) is 18.1 Å². The van der Waals surface area contributed by atoms with Gasteiger partial charge in [0.05, 0.1) is 6.61 Å². The number of halogens is 2. The van der Waals surface area contributed by atoms with Crippen molar-refractivity contribution in [2.45, 2.75) is 129 Å². The maximum absolute atomic E-state index is 14.1. The van der Waals surface area contributed by atoms with E-state index in [1.807, 2.05) is 36.7 Å². The van der Waals surface area contributed by atoms with Gasteiger partial charge in [0.15, 0.2) is 5.82 Å². The average Bonchev–Trinajstić information content (AvgIpc) is 2.89. The van der Waals surface area contributed by atoms with Crippen molar-refractivity contribution < 1.29 is 13.5 Å². The van der Waals surface area contributed by atoms with Crippen molar-refractivity contribution in [3.63, 3.8) is 0 Å². The first-order valence-corrected chi connectivity index (χ1v) is 14.4. The Balaban J connectivity index is 1.61. The van der Waals surface area contributed by atoms with Crippen LogP contribution in [0.15, 0.2) is 36.7 Å². The predicted octanol–water partition coefficient (Wildman–Crippen LogP) is 9.63. The second-order valence-electron chi connectivity index (χ2n) is 10.1. The Bertz CT molecular complexity index is 782. The molecule has 0 bridgehead atoms. The third kappa shape index (κ3) is 13.3. The Morgan fingerprint density at radius 1 is 0.667 bits per heavy atom. The number of rotatable bonds is 21. The first-order valence-electron chi connectivity index (χ1n) is 14.4. The van der Waals surface area contributed by atoms with Gasteiger partial charge in [0.25, 0.3) is 0 Å². The van der Waals surface area contributed by atoms with Crippen LogP contribution in [0.4, 0.5) is 8.78 Å². The molecule has 2 aromatic rings.